The van der Waals surface area contributed by atoms with Crippen molar-refractivity contribution in [3.05, 3.63) is 29.2 Å². The Bertz CT molecular complexity index is 698. The summed E-state index contributed by atoms with van der Waals surface area (Å²) in [5.74, 6) is 1.77. The highest BCUT2D eigenvalue weighted by molar-refractivity contribution is 5.47. The van der Waals surface area contributed by atoms with Crippen LogP contribution in [-0.2, 0) is 12.8 Å². The molecule has 2 N–H and O–H groups in total. The Morgan fingerprint density at radius 2 is 2.04 bits per heavy atom. The van der Waals surface area contributed by atoms with Crippen molar-refractivity contribution in [2.45, 2.75) is 32.8 Å². The summed E-state index contributed by atoms with van der Waals surface area (Å²) in [6, 6.07) is 4.07. The van der Waals surface area contributed by atoms with Crippen molar-refractivity contribution in [2.75, 3.05) is 37.0 Å². The molecule has 0 saturated carbocycles. The van der Waals surface area contributed by atoms with Gasteiger partial charge in [0, 0.05) is 50.6 Å². The standard InChI is InChI=1S/C17H26N6O/c1-5-13-8-16(19-17(18-13)22(3)4)23-9-12(15(24)10-23)7-14-6-11(2)20-21-14/h6,8,12,15,24H,5,7,9-10H2,1-4H3,(H,20,21)/t12-,15-/m1/s1. The van der Waals surface area contributed by atoms with Gasteiger partial charge in [-0.3, -0.25) is 5.10 Å². The van der Waals surface area contributed by atoms with Crippen molar-refractivity contribution in [3.63, 3.8) is 0 Å². The third-order valence-electron chi connectivity index (χ3n) is 4.48. The summed E-state index contributed by atoms with van der Waals surface area (Å²) in [5.41, 5.74) is 3.07. The predicted octanol–water partition coefficient (Wildman–Crippen LogP) is 1.18. The number of β-amino-alcohol motifs (C(OH)–C–C–N with tert-alkyl or cyclic N) is 1. The Labute approximate surface area is 142 Å². The number of rotatable bonds is 5. The molecule has 0 spiro atoms. The predicted molar refractivity (Wildman–Crippen MR) is 94.5 cm³/mol. The maximum Gasteiger partial charge on any atom is 0.227 e. The van der Waals surface area contributed by atoms with E-state index in [1.165, 1.54) is 0 Å². The summed E-state index contributed by atoms with van der Waals surface area (Å²) in [6.45, 7) is 5.46. The normalized spacial score (nSPS) is 20.6. The minimum absolute atomic E-state index is 0.163. The van der Waals surface area contributed by atoms with Crippen LogP contribution in [-0.4, -0.2) is 58.6 Å². The molecule has 0 aliphatic carbocycles. The summed E-state index contributed by atoms with van der Waals surface area (Å²) in [5, 5.41) is 17.7. The van der Waals surface area contributed by atoms with Crippen LogP contribution in [0.3, 0.4) is 0 Å². The van der Waals surface area contributed by atoms with E-state index < -0.39 is 0 Å². The number of nitrogens with zero attached hydrogens (tertiary/aromatic N) is 5. The van der Waals surface area contributed by atoms with Gasteiger partial charge in [0.05, 0.1) is 11.8 Å². The molecule has 130 valence electrons. The minimum atomic E-state index is -0.371. The van der Waals surface area contributed by atoms with Crippen molar-refractivity contribution >= 4 is 11.8 Å². The van der Waals surface area contributed by atoms with E-state index in [1.807, 2.05) is 38.1 Å². The molecule has 0 bridgehead atoms. The molecule has 0 unspecified atom stereocenters. The van der Waals surface area contributed by atoms with E-state index in [0.717, 1.165) is 42.3 Å². The summed E-state index contributed by atoms with van der Waals surface area (Å²) in [6.07, 6.45) is 1.27. The van der Waals surface area contributed by atoms with Crippen LogP contribution < -0.4 is 9.80 Å². The van der Waals surface area contributed by atoms with Crippen molar-refractivity contribution in [1.82, 2.24) is 20.2 Å². The first kappa shape index (κ1) is 16.7. The number of H-pyrrole nitrogens is 1. The number of aromatic nitrogens is 4. The highest BCUT2D eigenvalue weighted by atomic mass is 16.3. The van der Waals surface area contributed by atoms with E-state index in [0.29, 0.717) is 12.5 Å². The van der Waals surface area contributed by atoms with E-state index in [-0.39, 0.29) is 12.0 Å². The maximum atomic E-state index is 10.5. The first-order valence-electron chi connectivity index (χ1n) is 8.45. The van der Waals surface area contributed by atoms with Gasteiger partial charge in [0.1, 0.15) is 5.82 Å². The number of anilines is 2. The Morgan fingerprint density at radius 3 is 2.67 bits per heavy atom. The SMILES string of the molecule is CCc1cc(N2C[C@@H](Cc3cc(C)[nH]n3)[C@H](O)C2)nc(N(C)C)n1. The van der Waals surface area contributed by atoms with Crippen LogP contribution in [0.2, 0.25) is 0 Å². The lowest BCUT2D eigenvalue weighted by Crippen LogP contribution is -2.24. The van der Waals surface area contributed by atoms with Crippen molar-refractivity contribution in [1.29, 1.82) is 0 Å². The van der Waals surface area contributed by atoms with Gasteiger partial charge in [0.2, 0.25) is 5.95 Å². The Balaban J connectivity index is 1.77. The summed E-state index contributed by atoms with van der Waals surface area (Å²) in [7, 11) is 3.89. The van der Waals surface area contributed by atoms with Gasteiger partial charge in [-0.05, 0) is 25.8 Å². The molecule has 3 rings (SSSR count). The molecule has 7 nitrogen and oxygen atoms in total. The fourth-order valence-corrected chi connectivity index (χ4v) is 3.10. The Kier molecular flexibility index (Phi) is 4.71. The van der Waals surface area contributed by atoms with Gasteiger partial charge < -0.3 is 14.9 Å². The first-order chi connectivity index (χ1) is 11.5. The van der Waals surface area contributed by atoms with E-state index in [9.17, 15) is 5.11 Å². The van der Waals surface area contributed by atoms with Gasteiger partial charge in [-0.2, -0.15) is 10.1 Å². The molecule has 7 heteroatoms. The van der Waals surface area contributed by atoms with Gasteiger partial charge >= 0.3 is 0 Å². The number of aryl methyl sites for hydroxylation is 2. The summed E-state index contributed by atoms with van der Waals surface area (Å²) >= 11 is 0. The molecule has 3 heterocycles. The molecule has 0 aromatic carbocycles. The second kappa shape index (κ2) is 6.76. The summed E-state index contributed by atoms with van der Waals surface area (Å²) in [4.78, 5) is 13.3. The van der Waals surface area contributed by atoms with Gasteiger partial charge in [-0.15, -0.1) is 0 Å². The largest absolute Gasteiger partial charge is 0.391 e. The van der Waals surface area contributed by atoms with Crippen LogP contribution in [0.25, 0.3) is 0 Å². The van der Waals surface area contributed by atoms with Gasteiger partial charge in [-0.25, -0.2) is 4.98 Å². The zero-order valence-electron chi connectivity index (χ0n) is 14.8. The van der Waals surface area contributed by atoms with E-state index in [2.05, 4.69) is 32.0 Å². The number of nitrogens with one attached hydrogen (secondary N) is 1. The molecule has 24 heavy (non-hydrogen) atoms. The highest BCUT2D eigenvalue weighted by Gasteiger charge is 2.33. The van der Waals surface area contributed by atoms with Crippen LogP contribution in [0.4, 0.5) is 11.8 Å². The molecule has 2 aromatic heterocycles. The number of hydrogen-bond acceptors (Lipinski definition) is 6. The van der Waals surface area contributed by atoms with Gasteiger partial charge in [0.25, 0.3) is 0 Å². The molecule has 0 amide bonds. The highest BCUT2D eigenvalue weighted by Crippen LogP contribution is 2.26. The van der Waals surface area contributed by atoms with Gasteiger partial charge in [0.15, 0.2) is 0 Å². The molecular formula is C17H26N6O. The molecule has 2 atom stereocenters. The molecule has 1 saturated heterocycles. The van der Waals surface area contributed by atoms with Crippen LogP contribution in [0, 0.1) is 12.8 Å². The van der Waals surface area contributed by atoms with Crippen LogP contribution in [0.1, 0.15) is 24.0 Å². The average Bonchev–Trinajstić information content (AvgIpc) is 3.13. The van der Waals surface area contributed by atoms with Crippen LogP contribution >= 0.6 is 0 Å². The lowest BCUT2D eigenvalue weighted by molar-refractivity contribution is 0.148. The van der Waals surface area contributed by atoms with Crippen LogP contribution in [0.5, 0.6) is 0 Å². The fraction of sp³-hybridized carbons (Fsp3) is 0.588. The summed E-state index contributed by atoms with van der Waals surface area (Å²) < 4.78 is 0. The quantitative estimate of drug-likeness (QED) is 0.857. The second-order valence-electron chi connectivity index (χ2n) is 6.74. The Hall–Kier alpha value is -2.15. The second-order valence-corrected chi connectivity index (χ2v) is 6.74. The zero-order chi connectivity index (χ0) is 17.3. The van der Waals surface area contributed by atoms with Crippen molar-refractivity contribution in [3.8, 4) is 0 Å². The van der Waals surface area contributed by atoms with Crippen molar-refractivity contribution in [2.24, 2.45) is 5.92 Å². The number of aliphatic hydroxyl groups excluding tert-OH is 1. The van der Waals surface area contributed by atoms with E-state index >= 15 is 0 Å². The minimum Gasteiger partial charge on any atom is -0.391 e. The fourth-order valence-electron chi connectivity index (χ4n) is 3.10. The number of aliphatic hydroxyl groups is 1. The molecule has 0 radical (unpaired) electrons. The molecule has 1 aliphatic heterocycles. The molecular weight excluding hydrogens is 304 g/mol. The van der Waals surface area contributed by atoms with Gasteiger partial charge in [-0.1, -0.05) is 6.92 Å². The third kappa shape index (κ3) is 3.51. The smallest absolute Gasteiger partial charge is 0.227 e. The first-order valence-corrected chi connectivity index (χ1v) is 8.45. The maximum absolute atomic E-state index is 10.5. The lowest BCUT2D eigenvalue weighted by atomic mass is 10.0. The molecule has 1 aliphatic rings. The monoisotopic (exact) mass is 330 g/mol. The zero-order valence-corrected chi connectivity index (χ0v) is 14.8. The number of hydrogen-bond donors (Lipinski definition) is 2. The Morgan fingerprint density at radius 1 is 1.25 bits per heavy atom. The third-order valence-corrected chi connectivity index (χ3v) is 4.48. The molecule has 1 fully saturated rings. The van der Waals surface area contributed by atoms with E-state index in [1.54, 1.807) is 0 Å². The lowest BCUT2D eigenvalue weighted by Gasteiger charge is -2.20. The van der Waals surface area contributed by atoms with Crippen LogP contribution in [0.15, 0.2) is 12.1 Å². The van der Waals surface area contributed by atoms with Crippen molar-refractivity contribution < 1.29 is 5.11 Å². The average molecular weight is 330 g/mol. The number of aromatic amines is 1. The topological polar surface area (TPSA) is 81.2 Å². The van der Waals surface area contributed by atoms with E-state index in [4.69, 9.17) is 0 Å². The molecule has 2 aromatic rings.